The van der Waals surface area contributed by atoms with E-state index in [1.807, 2.05) is 6.08 Å². The molecule has 0 saturated carbocycles. The minimum Gasteiger partial charge on any atom is -0.394 e. The Balaban J connectivity index is 2.19. The molecule has 1 saturated heterocycles. The number of rotatable bonds is 46. The molecule has 0 spiro atoms. The third-order valence-corrected chi connectivity index (χ3v) is 12.9. The first kappa shape index (κ1) is 60.4. The number of carbonyl (C=O) groups excluding carboxylic acids is 1. The fourth-order valence-electron chi connectivity index (χ4n) is 8.58. The second-order valence-electron chi connectivity index (χ2n) is 19.0. The molecule has 7 atom stereocenters. The molecular formula is C55H103NO8. The lowest BCUT2D eigenvalue weighted by Crippen LogP contribution is -2.60. The normalized spacial score (nSPS) is 20.3. The first-order valence-electron chi connectivity index (χ1n) is 27.2. The number of ether oxygens (including phenoxy) is 2. The number of nitrogens with one attached hydrogen (secondary N) is 1. The van der Waals surface area contributed by atoms with Gasteiger partial charge in [0.05, 0.1) is 25.4 Å². The van der Waals surface area contributed by atoms with E-state index in [0.29, 0.717) is 6.42 Å². The average molecular weight is 906 g/mol. The van der Waals surface area contributed by atoms with Gasteiger partial charge < -0.3 is 40.3 Å². The van der Waals surface area contributed by atoms with E-state index in [-0.39, 0.29) is 12.5 Å². The molecule has 1 aliphatic heterocycles. The van der Waals surface area contributed by atoms with Gasteiger partial charge in [-0.1, -0.05) is 224 Å². The van der Waals surface area contributed by atoms with Crippen molar-refractivity contribution in [2.24, 2.45) is 0 Å². The van der Waals surface area contributed by atoms with E-state index >= 15 is 0 Å². The van der Waals surface area contributed by atoms with Crippen molar-refractivity contribution < 1.29 is 39.8 Å². The van der Waals surface area contributed by atoms with Gasteiger partial charge in [-0.3, -0.25) is 4.79 Å². The summed E-state index contributed by atoms with van der Waals surface area (Å²) in [6.07, 6.45) is 50.7. The Labute approximate surface area is 393 Å². The highest BCUT2D eigenvalue weighted by atomic mass is 16.7. The third kappa shape index (κ3) is 34.7. The molecule has 9 heteroatoms. The van der Waals surface area contributed by atoms with Crippen molar-refractivity contribution in [1.29, 1.82) is 0 Å². The molecule has 1 amide bonds. The topological polar surface area (TPSA) is 149 Å². The largest absolute Gasteiger partial charge is 0.394 e. The van der Waals surface area contributed by atoms with Crippen LogP contribution in [0.3, 0.4) is 0 Å². The van der Waals surface area contributed by atoms with Crippen molar-refractivity contribution in [1.82, 2.24) is 5.32 Å². The van der Waals surface area contributed by atoms with Gasteiger partial charge in [-0.15, -0.1) is 0 Å². The van der Waals surface area contributed by atoms with Crippen molar-refractivity contribution >= 4 is 5.91 Å². The van der Waals surface area contributed by atoms with Crippen LogP contribution in [-0.2, 0) is 14.3 Å². The number of hydrogen-bond donors (Lipinski definition) is 6. The number of amides is 1. The van der Waals surface area contributed by atoms with E-state index in [2.05, 4.69) is 43.5 Å². The van der Waals surface area contributed by atoms with Crippen LogP contribution in [0.5, 0.6) is 0 Å². The molecule has 0 aliphatic carbocycles. The van der Waals surface area contributed by atoms with E-state index in [4.69, 9.17) is 9.47 Å². The zero-order chi connectivity index (χ0) is 46.6. The van der Waals surface area contributed by atoms with E-state index in [1.54, 1.807) is 6.08 Å². The van der Waals surface area contributed by atoms with Crippen LogP contribution in [0.4, 0.5) is 0 Å². The maximum Gasteiger partial charge on any atom is 0.220 e. The fraction of sp³-hybridized carbons (Fsp3) is 0.873. The molecule has 0 radical (unpaired) electrons. The van der Waals surface area contributed by atoms with Crippen molar-refractivity contribution in [3.05, 3.63) is 36.5 Å². The lowest BCUT2D eigenvalue weighted by molar-refractivity contribution is -0.302. The molecule has 1 aliphatic rings. The quantitative estimate of drug-likeness (QED) is 0.0261. The smallest absolute Gasteiger partial charge is 0.220 e. The molecule has 9 nitrogen and oxygen atoms in total. The van der Waals surface area contributed by atoms with E-state index in [1.165, 1.54) is 193 Å². The Morgan fingerprint density at radius 2 is 0.891 bits per heavy atom. The second kappa shape index (κ2) is 45.2. The molecule has 0 aromatic rings. The average Bonchev–Trinajstić information content (AvgIpc) is 3.29. The maximum atomic E-state index is 13.0. The SMILES string of the molecule is CCCCCCCCC/C=C/CC/C=C/C(O)C(COC1OC(CO)C(O)C(O)C1O)NC(=O)CCCCCCCCCCCCCC/C=C\CCCCCCCCCCCCCC. The van der Waals surface area contributed by atoms with Crippen LogP contribution in [0.1, 0.15) is 251 Å². The summed E-state index contributed by atoms with van der Waals surface area (Å²) in [6.45, 7) is 3.76. The first-order valence-corrected chi connectivity index (χ1v) is 27.2. The summed E-state index contributed by atoms with van der Waals surface area (Å²) >= 11 is 0. The molecular weight excluding hydrogens is 803 g/mol. The molecule has 1 fully saturated rings. The molecule has 6 N–H and O–H groups in total. The highest BCUT2D eigenvalue weighted by molar-refractivity contribution is 5.76. The zero-order valence-corrected chi connectivity index (χ0v) is 41.5. The number of unbranched alkanes of at least 4 members (excludes halogenated alkanes) is 32. The standard InChI is InChI=1S/C55H103NO8/c1-3-5-7-9-11-13-15-17-18-19-20-21-22-23-24-25-26-27-28-29-30-31-33-35-37-39-41-43-45-51(59)56-48(47-63-55-54(62)53(61)52(60)50(46-57)64-55)49(58)44-42-40-38-36-34-32-16-14-12-10-8-6-4-2/h23-24,34,36,42,44,48-50,52-55,57-58,60-62H,3-22,25-33,35,37-41,43,45-47H2,1-2H3,(H,56,59)/b24-23-,36-34+,44-42+. The summed E-state index contributed by atoms with van der Waals surface area (Å²) in [4.78, 5) is 13.0. The van der Waals surface area contributed by atoms with Gasteiger partial charge in [-0.05, 0) is 57.8 Å². The van der Waals surface area contributed by atoms with Gasteiger partial charge in [-0.2, -0.15) is 0 Å². The Bertz CT molecular complexity index is 1100. The third-order valence-electron chi connectivity index (χ3n) is 12.9. The van der Waals surface area contributed by atoms with E-state index in [0.717, 1.165) is 38.5 Å². The number of allylic oxidation sites excluding steroid dienone is 5. The Hall–Kier alpha value is -1.59. The van der Waals surface area contributed by atoms with Gasteiger partial charge in [0, 0.05) is 6.42 Å². The van der Waals surface area contributed by atoms with E-state index in [9.17, 15) is 30.3 Å². The molecule has 64 heavy (non-hydrogen) atoms. The first-order chi connectivity index (χ1) is 31.3. The highest BCUT2D eigenvalue weighted by Crippen LogP contribution is 2.23. The van der Waals surface area contributed by atoms with E-state index < -0.39 is 49.5 Å². The van der Waals surface area contributed by atoms with Gasteiger partial charge >= 0.3 is 0 Å². The number of aliphatic hydroxyl groups excluding tert-OH is 5. The van der Waals surface area contributed by atoms with Crippen LogP contribution in [0, 0.1) is 0 Å². The predicted octanol–water partition coefficient (Wildman–Crippen LogP) is 12.8. The summed E-state index contributed by atoms with van der Waals surface area (Å²) in [5.74, 6) is -0.186. The Kier molecular flexibility index (Phi) is 42.7. The molecule has 7 unspecified atom stereocenters. The molecule has 0 aromatic carbocycles. The predicted molar refractivity (Wildman–Crippen MR) is 267 cm³/mol. The molecule has 0 bridgehead atoms. The van der Waals surface area contributed by atoms with Gasteiger partial charge in [0.2, 0.25) is 5.91 Å². The summed E-state index contributed by atoms with van der Waals surface area (Å²) < 4.78 is 11.2. The van der Waals surface area contributed by atoms with Crippen LogP contribution >= 0.6 is 0 Å². The lowest BCUT2D eigenvalue weighted by Gasteiger charge is -2.40. The van der Waals surface area contributed by atoms with Gasteiger partial charge in [-0.25, -0.2) is 0 Å². The highest BCUT2D eigenvalue weighted by Gasteiger charge is 2.44. The molecule has 0 aromatic heterocycles. The molecule has 1 rings (SSSR count). The monoisotopic (exact) mass is 906 g/mol. The van der Waals surface area contributed by atoms with Gasteiger partial charge in [0.15, 0.2) is 6.29 Å². The van der Waals surface area contributed by atoms with Crippen molar-refractivity contribution in [2.75, 3.05) is 13.2 Å². The minimum atomic E-state index is -1.57. The van der Waals surface area contributed by atoms with Gasteiger partial charge in [0.25, 0.3) is 0 Å². The summed E-state index contributed by atoms with van der Waals surface area (Å²) in [6, 6.07) is -0.820. The van der Waals surface area contributed by atoms with Crippen LogP contribution in [0.25, 0.3) is 0 Å². The number of hydrogen-bond acceptors (Lipinski definition) is 8. The lowest BCUT2D eigenvalue weighted by atomic mass is 9.99. The van der Waals surface area contributed by atoms with Gasteiger partial charge in [0.1, 0.15) is 24.4 Å². The zero-order valence-electron chi connectivity index (χ0n) is 41.5. The fourth-order valence-corrected chi connectivity index (χ4v) is 8.58. The number of carbonyl (C=O) groups is 1. The summed E-state index contributed by atoms with van der Waals surface area (Å²) in [7, 11) is 0. The maximum absolute atomic E-state index is 13.0. The minimum absolute atomic E-state index is 0.186. The van der Waals surface area contributed by atoms with Crippen molar-refractivity contribution in [3.8, 4) is 0 Å². The second-order valence-corrected chi connectivity index (χ2v) is 19.0. The van der Waals surface area contributed by atoms with Crippen LogP contribution in [0.15, 0.2) is 36.5 Å². The Morgan fingerprint density at radius 1 is 0.516 bits per heavy atom. The number of aliphatic hydroxyl groups is 5. The summed E-state index contributed by atoms with van der Waals surface area (Å²) in [5, 5.41) is 54.3. The van der Waals surface area contributed by atoms with Crippen molar-refractivity contribution in [2.45, 2.75) is 294 Å². The Morgan fingerprint density at radius 3 is 1.31 bits per heavy atom. The molecule has 376 valence electrons. The van der Waals surface area contributed by atoms with Crippen LogP contribution in [0.2, 0.25) is 0 Å². The van der Waals surface area contributed by atoms with Crippen molar-refractivity contribution in [3.63, 3.8) is 0 Å². The van der Waals surface area contributed by atoms with Crippen LogP contribution < -0.4 is 5.32 Å². The van der Waals surface area contributed by atoms with Crippen LogP contribution in [-0.4, -0.2) is 87.5 Å². The summed E-state index contributed by atoms with van der Waals surface area (Å²) in [5.41, 5.74) is 0. The molecule has 1 heterocycles.